The van der Waals surface area contributed by atoms with Gasteiger partial charge >= 0.3 is 0 Å². The summed E-state index contributed by atoms with van der Waals surface area (Å²) < 4.78 is 4.89. The summed E-state index contributed by atoms with van der Waals surface area (Å²) in [5, 5.41) is 0.968. The van der Waals surface area contributed by atoms with Gasteiger partial charge in [-0.05, 0) is 6.07 Å². The van der Waals surface area contributed by atoms with Crippen LogP contribution in [0, 0.1) is 0 Å². The Morgan fingerprint density at radius 2 is 2.31 bits per heavy atom. The van der Waals surface area contributed by atoms with Crippen molar-refractivity contribution in [3.8, 4) is 0 Å². The van der Waals surface area contributed by atoms with Crippen molar-refractivity contribution in [2.24, 2.45) is 5.73 Å². The second-order valence-corrected chi connectivity index (χ2v) is 3.43. The Labute approximate surface area is 86.8 Å². The summed E-state index contributed by atoms with van der Waals surface area (Å²) in [4.78, 5) is 4.03. The standard InChI is InChI=1S/C8H10Cl2N2O/c1-13-4-7(11)8-6(10)2-5(9)3-12-8/h2-3,7H,4,11H2,1H3. The van der Waals surface area contributed by atoms with Gasteiger partial charge in [-0.3, -0.25) is 4.98 Å². The topological polar surface area (TPSA) is 48.1 Å². The lowest BCUT2D eigenvalue weighted by molar-refractivity contribution is 0.179. The number of ether oxygens (including phenoxy) is 1. The molecular weight excluding hydrogens is 211 g/mol. The maximum atomic E-state index is 5.88. The van der Waals surface area contributed by atoms with Gasteiger partial charge in [0.1, 0.15) is 0 Å². The average Bonchev–Trinajstić information content (AvgIpc) is 2.04. The quantitative estimate of drug-likeness (QED) is 0.849. The average molecular weight is 221 g/mol. The molecule has 0 aliphatic rings. The minimum absolute atomic E-state index is 0.310. The van der Waals surface area contributed by atoms with Crippen LogP contribution in [-0.2, 0) is 4.74 Å². The molecule has 0 bridgehead atoms. The van der Waals surface area contributed by atoms with E-state index < -0.39 is 0 Å². The van der Waals surface area contributed by atoms with Crippen molar-refractivity contribution in [2.75, 3.05) is 13.7 Å². The summed E-state index contributed by atoms with van der Waals surface area (Å²) >= 11 is 11.6. The van der Waals surface area contributed by atoms with Gasteiger partial charge in [0.25, 0.3) is 0 Å². The maximum absolute atomic E-state index is 5.88. The molecule has 0 radical (unpaired) electrons. The predicted molar refractivity (Wildman–Crippen MR) is 53.1 cm³/mol. The second kappa shape index (κ2) is 4.77. The first-order valence-electron chi connectivity index (χ1n) is 3.70. The zero-order valence-corrected chi connectivity index (χ0v) is 8.64. The van der Waals surface area contributed by atoms with E-state index in [1.807, 2.05) is 0 Å². The lowest BCUT2D eigenvalue weighted by Gasteiger charge is -2.11. The maximum Gasteiger partial charge on any atom is 0.0781 e. The number of hydrogen-bond acceptors (Lipinski definition) is 3. The number of methoxy groups -OCH3 is 1. The van der Waals surface area contributed by atoms with Crippen LogP contribution in [-0.4, -0.2) is 18.7 Å². The third-order valence-corrected chi connectivity index (χ3v) is 2.04. The first-order chi connectivity index (χ1) is 6.15. The highest BCUT2D eigenvalue weighted by Crippen LogP contribution is 2.22. The van der Waals surface area contributed by atoms with E-state index in [0.29, 0.717) is 22.3 Å². The Balaban J connectivity index is 2.88. The molecule has 1 atom stereocenters. The Kier molecular flexibility index (Phi) is 3.93. The molecule has 3 nitrogen and oxygen atoms in total. The smallest absolute Gasteiger partial charge is 0.0781 e. The van der Waals surface area contributed by atoms with E-state index >= 15 is 0 Å². The molecule has 2 N–H and O–H groups in total. The molecule has 0 fully saturated rings. The molecule has 1 unspecified atom stereocenters. The van der Waals surface area contributed by atoms with Crippen LogP contribution in [0.25, 0.3) is 0 Å². The fraction of sp³-hybridized carbons (Fsp3) is 0.375. The van der Waals surface area contributed by atoms with Gasteiger partial charge in [-0.2, -0.15) is 0 Å². The van der Waals surface area contributed by atoms with Crippen molar-refractivity contribution >= 4 is 23.2 Å². The SMILES string of the molecule is COCC(N)c1ncc(Cl)cc1Cl. The molecule has 0 amide bonds. The van der Waals surface area contributed by atoms with Crippen LogP contribution in [0.5, 0.6) is 0 Å². The third kappa shape index (κ3) is 2.81. The van der Waals surface area contributed by atoms with Gasteiger partial charge in [0, 0.05) is 13.3 Å². The van der Waals surface area contributed by atoms with Gasteiger partial charge < -0.3 is 10.5 Å². The van der Waals surface area contributed by atoms with Crippen molar-refractivity contribution in [3.63, 3.8) is 0 Å². The predicted octanol–water partition coefficient (Wildman–Crippen LogP) is 2.03. The molecule has 1 aromatic rings. The summed E-state index contributed by atoms with van der Waals surface area (Å²) in [5.41, 5.74) is 6.35. The largest absolute Gasteiger partial charge is 0.383 e. The number of pyridine rings is 1. The molecule has 1 heterocycles. The minimum atomic E-state index is -0.310. The second-order valence-electron chi connectivity index (χ2n) is 2.58. The molecule has 0 aromatic carbocycles. The Hall–Kier alpha value is -0.350. The number of rotatable bonds is 3. The monoisotopic (exact) mass is 220 g/mol. The first kappa shape index (κ1) is 10.7. The molecule has 0 spiro atoms. The van der Waals surface area contributed by atoms with Crippen LogP contribution < -0.4 is 5.73 Å². The van der Waals surface area contributed by atoms with Crippen molar-refractivity contribution in [1.82, 2.24) is 4.98 Å². The van der Waals surface area contributed by atoms with E-state index in [9.17, 15) is 0 Å². The number of halogens is 2. The van der Waals surface area contributed by atoms with Crippen LogP contribution in [0.2, 0.25) is 10.0 Å². The summed E-state index contributed by atoms with van der Waals surface area (Å²) in [6, 6.07) is 1.30. The number of aromatic nitrogens is 1. The highest BCUT2D eigenvalue weighted by atomic mass is 35.5. The van der Waals surface area contributed by atoms with Crippen LogP contribution in [0.4, 0.5) is 0 Å². The third-order valence-electron chi connectivity index (χ3n) is 1.53. The normalized spacial score (nSPS) is 12.9. The van der Waals surface area contributed by atoms with Crippen molar-refractivity contribution < 1.29 is 4.74 Å². The lowest BCUT2D eigenvalue weighted by Crippen LogP contribution is -2.17. The van der Waals surface area contributed by atoms with Gasteiger partial charge in [0.05, 0.1) is 28.4 Å². The van der Waals surface area contributed by atoms with Crippen LogP contribution in [0.3, 0.4) is 0 Å². The Morgan fingerprint density at radius 3 is 2.85 bits per heavy atom. The summed E-state index contributed by atoms with van der Waals surface area (Å²) in [5.74, 6) is 0. The van der Waals surface area contributed by atoms with Crippen molar-refractivity contribution in [2.45, 2.75) is 6.04 Å². The van der Waals surface area contributed by atoms with Crippen LogP contribution >= 0.6 is 23.2 Å². The van der Waals surface area contributed by atoms with Gasteiger partial charge in [0.15, 0.2) is 0 Å². The molecule has 1 aromatic heterocycles. The lowest BCUT2D eigenvalue weighted by atomic mass is 10.2. The van der Waals surface area contributed by atoms with E-state index in [1.54, 1.807) is 13.2 Å². The van der Waals surface area contributed by atoms with Gasteiger partial charge in [-0.1, -0.05) is 23.2 Å². The van der Waals surface area contributed by atoms with E-state index in [2.05, 4.69) is 4.98 Å². The number of nitrogens with two attached hydrogens (primary N) is 1. The number of nitrogens with zero attached hydrogens (tertiary/aromatic N) is 1. The summed E-state index contributed by atoms with van der Waals surface area (Å²) in [6.07, 6.45) is 1.51. The highest BCUT2D eigenvalue weighted by Gasteiger charge is 2.11. The molecule has 72 valence electrons. The number of hydrogen-bond donors (Lipinski definition) is 1. The molecule has 0 aliphatic heterocycles. The van der Waals surface area contributed by atoms with Gasteiger partial charge in [-0.15, -0.1) is 0 Å². The molecule has 5 heteroatoms. The van der Waals surface area contributed by atoms with Crippen LogP contribution in [0.15, 0.2) is 12.3 Å². The van der Waals surface area contributed by atoms with E-state index in [1.165, 1.54) is 6.20 Å². The molecule has 0 saturated heterocycles. The van der Waals surface area contributed by atoms with Crippen molar-refractivity contribution in [1.29, 1.82) is 0 Å². The van der Waals surface area contributed by atoms with Crippen molar-refractivity contribution in [3.05, 3.63) is 28.0 Å². The van der Waals surface area contributed by atoms with Gasteiger partial charge in [0.2, 0.25) is 0 Å². The molecule has 13 heavy (non-hydrogen) atoms. The zero-order chi connectivity index (χ0) is 9.84. The Bertz CT molecular complexity index is 293. The summed E-state index contributed by atoms with van der Waals surface area (Å²) in [6.45, 7) is 0.383. The molecule has 0 saturated carbocycles. The van der Waals surface area contributed by atoms with Gasteiger partial charge in [-0.25, -0.2) is 0 Å². The summed E-state index contributed by atoms with van der Waals surface area (Å²) in [7, 11) is 1.57. The fourth-order valence-corrected chi connectivity index (χ4v) is 1.48. The fourth-order valence-electron chi connectivity index (χ4n) is 0.956. The van der Waals surface area contributed by atoms with E-state index in [0.717, 1.165) is 0 Å². The highest BCUT2D eigenvalue weighted by molar-refractivity contribution is 6.34. The molecule has 1 rings (SSSR count). The van der Waals surface area contributed by atoms with Crippen LogP contribution in [0.1, 0.15) is 11.7 Å². The molecule has 0 aliphatic carbocycles. The molecular formula is C8H10Cl2N2O. The van der Waals surface area contributed by atoms with E-state index in [-0.39, 0.29) is 6.04 Å². The van der Waals surface area contributed by atoms with E-state index in [4.69, 9.17) is 33.7 Å². The Morgan fingerprint density at radius 1 is 1.62 bits per heavy atom. The first-order valence-corrected chi connectivity index (χ1v) is 4.46. The zero-order valence-electron chi connectivity index (χ0n) is 7.13. The minimum Gasteiger partial charge on any atom is -0.383 e.